The van der Waals surface area contributed by atoms with Gasteiger partial charge in [-0.05, 0) is 46.9 Å². The number of hydrogen-bond donors (Lipinski definition) is 2. The number of carboxylic acid groups (broad SMARTS) is 1. The Labute approximate surface area is 214 Å². The molecule has 0 bridgehead atoms. The lowest BCUT2D eigenvalue weighted by atomic mass is 9.93. The molecular weight excluding hydrogens is 483 g/mol. The van der Waals surface area contributed by atoms with Crippen molar-refractivity contribution in [3.63, 3.8) is 0 Å². The molecule has 1 fully saturated rings. The summed E-state index contributed by atoms with van der Waals surface area (Å²) in [6.07, 6.45) is -1.20. The van der Waals surface area contributed by atoms with Crippen LogP contribution < -0.4 is 0 Å². The van der Waals surface area contributed by atoms with Gasteiger partial charge in [0.25, 0.3) is 0 Å². The van der Waals surface area contributed by atoms with Crippen molar-refractivity contribution in [3.05, 3.63) is 89.7 Å². The molecule has 1 aliphatic rings. The molecule has 9 heteroatoms. The second-order valence-corrected chi connectivity index (χ2v) is 9.66. The van der Waals surface area contributed by atoms with Gasteiger partial charge in [0.2, 0.25) is 0 Å². The third-order valence-corrected chi connectivity index (χ3v) is 6.93. The lowest BCUT2D eigenvalue weighted by Crippen LogP contribution is -2.52. The summed E-state index contributed by atoms with van der Waals surface area (Å²) in [5.74, 6) is -0.830. The Morgan fingerprint density at radius 1 is 0.919 bits per heavy atom. The molecule has 0 radical (unpaired) electrons. The molecule has 4 rings (SSSR count). The Bertz CT molecular complexity index is 1180. The summed E-state index contributed by atoms with van der Waals surface area (Å²) < 4.78 is 39.3. The van der Waals surface area contributed by atoms with Crippen molar-refractivity contribution >= 4 is 5.97 Å². The number of hydrogen-bond acceptors (Lipinski definition) is 5. The third-order valence-electron chi connectivity index (χ3n) is 6.93. The standard InChI is InChI=1S/C28H30F3N3O3/c1-27(37,28(29,30)31)24-8-6-23(7-9-24)22-4-2-20(3-5-22)18-34-15-14-33(19-25(34)16-26(35)36)17-21-10-12-32-13-11-21/h2-13,25,37H,14-19H2,1H3,(H,35,36)/t25-,27?/m0/s1. The van der Waals surface area contributed by atoms with Crippen LogP contribution in [0, 0.1) is 0 Å². The summed E-state index contributed by atoms with van der Waals surface area (Å²) in [5, 5.41) is 19.3. The number of carbonyl (C=O) groups is 1. The number of carboxylic acids is 1. The molecule has 37 heavy (non-hydrogen) atoms. The van der Waals surface area contributed by atoms with Crippen molar-refractivity contribution in [1.29, 1.82) is 0 Å². The first-order chi connectivity index (χ1) is 17.5. The van der Waals surface area contributed by atoms with Gasteiger partial charge in [-0.15, -0.1) is 0 Å². The largest absolute Gasteiger partial charge is 0.481 e. The van der Waals surface area contributed by atoms with Gasteiger partial charge in [-0.2, -0.15) is 13.2 Å². The lowest BCUT2D eigenvalue weighted by molar-refractivity contribution is -0.258. The molecule has 6 nitrogen and oxygen atoms in total. The Morgan fingerprint density at radius 3 is 2.05 bits per heavy atom. The fourth-order valence-corrected chi connectivity index (χ4v) is 4.64. The summed E-state index contributed by atoms with van der Waals surface area (Å²) in [4.78, 5) is 20.0. The number of halogens is 3. The van der Waals surface area contributed by atoms with Crippen molar-refractivity contribution in [1.82, 2.24) is 14.8 Å². The lowest BCUT2D eigenvalue weighted by Gasteiger charge is -2.41. The zero-order valence-corrected chi connectivity index (χ0v) is 20.5. The van der Waals surface area contributed by atoms with Crippen LogP contribution in [0.25, 0.3) is 11.1 Å². The van der Waals surface area contributed by atoms with Gasteiger partial charge in [0.1, 0.15) is 0 Å². The van der Waals surface area contributed by atoms with Crippen LogP contribution in [-0.4, -0.2) is 62.8 Å². The third kappa shape index (κ3) is 6.54. The summed E-state index contributed by atoms with van der Waals surface area (Å²) in [7, 11) is 0. The Hall–Kier alpha value is -3.27. The summed E-state index contributed by atoms with van der Waals surface area (Å²) in [6.45, 7) is 4.32. The maximum absolute atomic E-state index is 13.1. The van der Waals surface area contributed by atoms with Crippen molar-refractivity contribution < 1.29 is 28.2 Å². The second-order valence-electron chi connectivity index (χ2n) is 9.66. The number of aliphatic carboxylic acids is 1. The van der Waals surface area contributed by atoms with Crippen LogP contribution in [0.3, 0.4) is 0 Å². The second kappa shape index (κ2) is 11.0. The molecule has 1 unspecified atom stereocenters. The molecule has 3 aromatic rings. The molecular formula is C28H30F3N3O3. The molecule has 0 spiro atoms. The normalized spacial score (nSPS) is 18.9. The number of piperazine rings is 1. The average Bonchev–Trinajstić information content (AvgIpc) is 2.86. The van der Waals surface area contributed by atoms with E-state index in [9.17, 15) is 28.2 Å². The number of benzene rings is 2. The van der Waals surface area contributed by atoms with Crippen LogP contribution in [0.4, 0.5) is 13.2 Å². The van der Waals surface area contributed by atoms with E-state index in [2.05, 4.69) is 14.8 Å². The van der Waals surface area contributed by atoms with Crippen LogP contribution >= 0.6 is 0 Å². The molecule has 1 saturated heterocycles. The predicted molar refractivity (Wildman–Crippen MR) is 133 cm³/mol. The van der Waals surface area contributed by atoms with Gasteiger partial charge in [-0.25, -0.2) is 0 Å². The number of aliphatic hydroxyl groups is 1. The van der Waals surface area contributed by atoms with Gasteiger partial charge in [-0.3, -0.25) is 19.6 Å². The van der Waals surface area contributed by atoms with E-state index in [4.69, 9.17) is 0 Å². The van der Waals surface area contributed by atoms with Gasteiger partial charge < -0.3 is 10.2 Å². The van der Waals surface area contributed by atoms with E-state index >= 15 is 0 Å². The number of pyridine rings is 1. The summed E-state index contributed by atoms with van der Waals surface area (Å²) in [5.41, 5.74) is 0.617. The first-order valence-corrected chi connectivity index (χ1v) is 12.1. The van der Waals surface area contributed by atoms with E-state index in [0.717, 1.165) is 48.8 Å². The predicted octanol–water partition coefficient (Wildman–Crippen LogP) is 4.68. The van der Waals surface area contributed by atoms with Crippen molar-refractivity contribution in [3.8, 4) is 11.1 Å². The number of alkyl halides is 3. The molecule has 0 saturated carbocycles. The zero-order valence-electron chi connectivity index (χ0n) is 20.5. The van der Waals surface area contributed by atoms with Gasteiger partial charge >= 0.3 is 12.1 Å². The van der Waals surface area contributed by atoms with Crippen molar-refractivity contribution in [2.75, 3.05) is 19.6 Å². The first kappa shape index (κ1) is 26.8. The molecule has 2 atom stereocenters. The summed E-state index contributed by atoms with van der Waals surface area (Å²) >= 11 is 0. The highest BCUT2D eigenvalue weighted by Crippen LogP contribution is 2.39. The minimum Gasteiger partial charge on any atom is -0.481 e. The van der Waals surface area contributed by atoms with Crippen LogP contribution in [0.5, 0.6) is 0 Å². The maximum atomic E-state index is 13.1. The van der Waals surface area contributed by atoms with E-state index in [1.807, 2.05) is 36.4 Å². The van der Waals surface area contributed by atoms with Crippen LogP contribution in [0.1, 0.15) is 30.0 Å². The summed E-state index contributed by atoms with van der Waals surface area (Å²) in [6, 6.07) is 17.2. The average molecular weight is 514 g/mol. The molecule has 2 aromatic carbocycles. The fraction of sp³-hybridized carbons (Fsp3) is 0.357. The van der Waals surface area contributed by atoms with E-state index in [-0.39, 0.29) is 18.0 Å². The van der Waals surface area contributed by atoms with Gasteiger partial charge in [-0.1, -0.05) is 48.5 Å². The SMILES string of the molecule is CC(O)(c1ccc(-c2ccc(CN3CCN(Cc4ccncc4)C[C@@H]3CC(=O)O)cc2)cc1)C(F)(F)F. The highest BCUT2D eigenvalue weighted by molar-refractivity contribution is 5.67. The molecule has 0 aliphatic carbocycles. The highest BCUT2D eigenvalue weighted by Gasteiger charge is 2.51. The van der Waals surface area contributed by atoms with Crippen LogP contribution in [-0.2, 0) is 23.5 Å². The van der Waals surface area contributed by atoms with E-state index < -0.39 is 17.7 Å². The minimum atomic E-state index is -4.76. The van der Waals surface area contributed by atoms with Gasteiger partial charge in [0, 0.05) is 51.2 Å². The van der Waals surface area contributed by atoms with Crippen molar-refractivity contribution in [2.45, 2.75) is 44.3 Å². The van der Waals surface area contributed by atoms with Crippen molar-refractivity contribution in [2.24, 2.45) is 0 Å². The number of nitrogens with zero attached hydrogens (tertiary/aromatic N) is 3. The number of rotatable bonds is 8. The monoisotopic (exact) mass is 513 g/mol. The van der Waals surface area contributed by atoms with Crippen LogP contribution in [0.2, 0.25) is 0 Å². The topological polar surface area (TPSA) is 76.9 Å². The van der Waals surface area contributed by atoms with Gasteiger partial charge in [0.15, 0.2) is 5.60 Å². The van der Waals surface area contributed by atoms with Gasteiger partial charge in [0.05, 0.1) is 6.42 Å². The quantitative estimate of drug-likeness (QED) is 0.456. The molecule has 2 N–H and O–H groups in total. The van der Waals surface area contributed by atoms with E-state index in [0.29, 0.717) is 13.1 Å². The smallest absolute Gasteiger partial charge is 0.421 e. The minimum absolute atomic E-state index is 0.0545. The molecule has 0 amide bonds. The molecule has 1 aromatic heterocycles. The van der Waals surface area contributed by atoms with E-state index in [1.165, 1.54) is 12.1 Å². The number of aromatic nitrogens is 1. The fourth-order valence-electron chi connectivity index (χ4n) is 4.64. The first-order valence-electron chi connectivity index (χ1n) is 12.1. The Morgan fingerprint density at radius 2 is 1.49 bits per heavy atom. The molecule has 196 valence electrons. The van der Waals surface area contributed by atoms with Crippen LogP contribution in [0.15, 0.2) is 73.1 Å². The Balaban J connectivity index is 1.41. The zero-order chi connectivity index (χ0) is 26.6. The van der Waals surface area contributed by atoms with E-state index in [1.54, 1.807) is 24.5 Å². The highest BCUT2D eigenvalue weighted by atomic mass is 19.4. The molecule has 1 aliphatic heterocycles. The molecule has 2 heterocycles. The maximum Gasteiger partial charge on any atom is 0.421 e. The Kier molecular flexibility index (Phi) is 7.96.